The van der Waals surface area contributed by atoms with Gasteiger partial charge in [-0.2, -0.15) is 8.42 Å². The van der Waals surface area contributed by atoms with E-state index in [2.05, 4.69) is 13.8 Å². The van der Waals surface area contributed by atoms with E-state index in [0.29, 0.717) is 11.8 Å². The van der Waals surface area contributed by atoms with Crippen LogP contribution in [0.3, 0.4) is 0 Å². The largest absolute Gasteiger partial charge is 0.264 e. The predicted molar refractivity (Wildman–Crippen MR) is 58.9 cm³/mol. The molecule has 2 fully saturated rings. The molecular formula is C11H20O3S. The molecule has 88 valence electrons. The van der Waals surface area contributed by atoms with E-state index in [1.807, 2.05) is 0 Å². The molecule has 3 nitrogen and oxygen atoms in total. The van der Waals surface area contributed by atoms with Gasteiger partial charge < -0.3 is 0 Å². The third kappa shape index (κ3) is 2.21. The van der Waals surface area contributed by atoms with Crippen LogP contribution in [0.1, 0.15) is 39.5 Å². The van der Waals surface area contributed by atoms with Gasteiger partial charge in [-0.25, -0.2) is 0 Å². The van der Waals surface area contributed by atoms with Crippen molar-refractivity contribution < 1.29 is 12.6 Å². The van der Waals surface area contributed by atoms with Gasteiger partial charge in [-0.1, -0.05) is 13.8 Å². The van der Waals surface area contributed by atoms with Crippen LogP contribution in [0.25, 0.3) is 0 Å². The lowest BCUT2D eigenvalue weighted by Gasteiger charge is -2.37. The third-order valence-corrected chi connectivity index (χ3v) is 4.22. The highest BCUT2D eigenvalue weighted by atomic mass is 32.2. The maximum Gasteiger partial charge on any atom is 0.264 e. The summed E-state index contributed by atoms with van der Waals surface area (Å²) in [5, 5.41) is 0. The summed E-state index contributed by atoms with van der Waals surface area (Å²) in [6.07, 6.45) is 5.69. The Morgan fingerprint density at radius 3 is 1.73 bits per heavy atom. The van der Waals surface area contributed by atoms with Gasteiger partial charge in [0, 0.05) is 0 Å². The van der Waals surface area contributed by atoms with Crippen molar-refractivity contribution in [3.05, 3.63) is 0 Å². The van der Waals surface area contributed by atoms with E-state index in [1.165, 1.54) is 6.26 Å². The Bertz CT molecular complexity index is 319. The van der Waals surface area contributed by atoms with E-state index in [9.17, 15) is 8.42 Å². The van der Waals surface area contributed by atoms with E-state index in [4.69, 9.17) is 4.18 Å². The van der Waals surface area contributed by atoms with E-state index < -0.39 is 10.1 Å². The average molecular weight is 232 g/mol. The van der Waals surface area contributed by atoms with Gasteiger partial charge in [0.05, 0.1) is 11.9 Å². The first-order valence-electron chi connectivity index (χ1n) is 5.77. The number of hydrogen-bond acceptors (Lipinski definition) is 3. The van der Waals surface area contributed by atoms with Crippen LogP contribution in [0.15, 0.2) is 0 Å². The summed E-state index contributed by atoms with van der Waals surface area (Å²) in [7, 11) is -3.34. The monoisotopic (exact) mass is 232 g/mol. The first kappa shape index (κ1) is 11.4. The van der Waals surface area contributed by atoms with Gasteiger partial charge in [0.1, 0.15) is 0 Å². The minimum absolute atomic E-state index is 0.284. The smallest absolute Gasteiger partial charge is 0.263 e. The molecule has 0 radical (unpaired) electrons. The number of rotatable bonds is 5. The second kappa shape index (κ2) is 3.45. The van der Waals surface area contributed by atoms with E-state index in [0.717, 1.165) is 25.7 Å². The lowest BCUT2D eigenvalue weighted by atomic mass is 9.81. The Morgan fingerprint density at radius 1 is 1.13 bits per heavy atom. The maximum absolute atomic E-state index is 11.4. The molecule has 0 atom stereocenters. The summed E-state index contributed by atoms with van der Waals surface area (Å²) in [5.74, 6) is 1.23. The summed E-state index contributed by atoms with van der Waals surface area (Å²) in [4.78, 5) is 0. The van der Waals surface area contributed by atoms with Crippen molar-refractivity contribution in [3.63, 3.8) is 0 Å². The second-order valence-corrected chi connectivity index (χ2v) is 6.92. The lowest BCUT2D eigenvalue weighted by molar-refractivity contribution is -0.0144. The quantitative estimate of drug-likeness (QED) is 0.682. The van der Waals surface area contributed by atoms with Gasteiger partial charge in [-0.15, -0.1) is 0 Å². The first-order chi connectivity index (χ1) is 6.86. The molecule has 0 saturated heterocycles. The molecule has 0 aromatic heterocycles. The summed E-state index contributed by atoms with van der Waals surface area (Å²) in [6.45, 7) is 4.17. The maximum atomic E-state index is 11.4. The van der Waals surface area contributed by atoms with Crippen LogP contribution in [-0.2, 0) is 14.3 Å². The molecule has 2 rings (SSSR count). The topological polar surface area (TPSA) is 43.4 Å². The zero-order chi connectivity index (χ0) is 11.3. The van der Waals surface area contributed by atoms with Crippen LogP contribution in [0.5, 0.6) is 0 Å². The van der Waals surface area contributed by atoms with Crippen molar-refractivity contribution in [3.8, 4) is 0 Å². The highest BCUT2D eigenvalue weighted by molar-refractivity contribution is 7.86. The fourth-order valence-corrected chi connectivity index (χ4v) is 3.83. The fourth-order valence-electron chi connectivity index (χ4n) is 2.84. The first-order valence-corrected chi connectivity index (χ1v) is 7.58. The highest BCUT2D eigenvalue weighted by Crippen LogP contribution is 2.57. The zero-order valence-corrected chi connectivity index (χ0v) is 10.5. The Balaban J connectivity index is 2.27. The molecule has 0 N–H and O–H groups in total. The molecule has 0 aromatic carbocycles. The molecule has 0 amide bonds. The summed E-state index contributed by atoms with van der Waals surface area (Å²) in [6, 6.07) is 0. The van der Waals surface area contributed by atoms with Gasteiger partial charge in [0.15, 0.2) is 0 Å². The molecule has 0 spiro atoms. The van der Waals surface area contributed by atoms with Gasteiger partial charge in [-0.05, 0) is 43.4 Å². The molecule has 0 aliphatic heterocycles. The van der Waals surface area contributed by atoms with Crippen LogP contribution in [0, 0.1) is 17.8 Å². The van der Waals surface area contributed by atoms with E-state index in [-0.39, 0.29) is 11.5 Å². The molecule has 0 aromatic rings. The predicted octanol–water partition coefficient (Wildman–Crippen LogP) is 2.18. The average Bonchev–Trinajstić information content (AvgIpc) is 2.90. The Hall–Kier alpha value is -0.0900. The van der Waals surface area contributed by atoms with Crippen molar-refractivity contribution in [1.82, 2.24) is 0 Å². The Kier molecular flexibility index (Phi) is 2.62. The molecule has 0 bridgehead atoms. The molecule has 4 heteroatoms. The second-order valence-electron chi connectivity index (χ2n) is 5.34. The molecule has 0 unspecified atom stereocenters. The van der Waals surface area contributed by atoms with E-state index in [1.54, 1.807) is 0 Å². The summed E-state index contributed by atoms with van der Waals surface area (Å²) in [5.41, 5.74) is -0.381. The molecule has 2 saturated carbocycles. The molecule has 0 heterocycles. The van der Waals surface area contributed by atoms with Crippen LogP contribution in [0.2, 0.25) is 0 Å². The SMILES string of the molecule is CC(C)C(OS(C)(=O)=O)(C1CC1)C1CC1. The highest BCUT2D eigenvalue weighted by Gasteiger charge is 2.58. The molecule has 2 aliphatic carbocycles. The van der Waals surface area contributed by atoms with Gasteiger partial charge in [0.2, 0.25) is 0 Å². The van der Waals surface area contributed by atoms with Crippen LogP contribution >= 0.6 is 0 Å². The normalized spacial score (nSPS) is 23.5. The van der Waals surface area contributed by atoms with Crippen molar-refractivity contribution >= 4 is 10.1 Å². The lowest BCUT2D eigenvalue weighted by Crippen LogP contribution is -2.44. The standard InChI is InChI=1S/C11H20O3S/c1-8(2)11(9-4-5-9,10-6-7-10)14-15(3,12)13/h8-10H,4-7H2,1-3H3. The van der Waals surface area contributed by atoms with Crippen molar-refractivity contribution in [2.45, 2.75) is 45.1 Å². The minimum Gasteiger partial charge on any atom is -0.263 e. The summed E-state index contributed by atoms with van der Waals surface area (Å²) < 4.78 is 28.3. The van der Waals surface area contributed by atoms with Gasteiger partial charge in [0.25, 0.3) is 10.1 Å². The van der Waals surface area contributed by atoms with Crippen LogP contribution in [-0.4, -0.2) is 20.3 Å². The molecule has 15 heavy (non-hydrogen) atoms. The number of hydrogen-bond donors (Lipinski definition) is 0. The Labute approximate surface area is 92.3 Å². The summed E-state index contributed by atoms with van der Waals surface area (Å²) >= 11 is 0. The van der Waals surface area contributed by atoms with Crippen molar-refractivity contribution in [2.75, 3.05) is 6.26 Å². The van der Waals surface area contributed by atoms with Crippen molar-refractivity contribution in [2.24, 2.45) is 17.8 Å². The Morgan fingerprint density at radius 2 is 1.53 bits per heavy atom. The molecular weight excluding hydrogens is 212 g/mol. The minimum atomic E-state index is -3.34. The van der Waals surface area contributed by atoms with Gasteiger partial charge in [-0.3, -0.25) is 4.18 Å². The van der Waals surface area contributed by atoms with Crippen LogP contribution in [0.4, 0.5) is 0 Å². The third-order valence-electron chi connectivity index (χ3n) is 3.63. The van der Waals surface area contributed by atoms with E-state index >= 15 is 0 Å². The fraction of sp³-hybridized carbons (Fsp3) is 1.00. The van der Waals surface area contributed by atoms with Gasteiger partial charge >= 0.3 is 0 Å². The zero-order valence-electron chi connectivity index (χ0n) is 9.69. The van der Waals surface area contributed by atoms with Crippen molar-refractivity contribution in [1.29, 1.82) is 0 Å². The molecule has 2 aliphatic rings. The van der Waals surface area contributed by atoms with Crippen LogP contribution < -0.4 is 0 Å².